The smallest absolute Gasteiger partial charge is 0.239 e. The fraction of sp³-hybridized carbons (Fsp3) is 0.917. The minimum atomic E-state index is 0.0976. The highest BCUT2D eigenvalue weighted by Gasteiger charge is 2.31. The number of carbonyl (C=O) groups is 1. The lowest BCUT2D eigenvalue weighted by atomic mass is 10.1. The van der Waals surface area contributed by atoms with E-state index < -0.39 is 0 Å². The van der Waals surface area contributed by atoms with E-state index >= 15 is 0 Å². The van der Waals surface area contributed by atoms with E-state index in [1.54, 1.807) is 0 Å². The monoisotopic (exact) mass is 225 g/mol. The van der Waals surface area contributed by atoms with Crippen LogP contribution in [0.5, 0.6) is 0 Å². The second kappa shape index (κ2) is 5.15. The summed E-state index contributed by atoms with van der Waals surface area (Å²) in [6.07, 6.45) is 2.15. The molecule has 2 aliphatic heterocycles. The summed E-state index contributed by atoms with van der Waals surface area (Å²) in [6, 6.07) is 0.601. The van der Waals surface area contributed by atoms with Gasteiger partial charge in [0, 0.05) is 25.7 Å². The van der Waals surface area contributed by atoms with Crippen LogP contribution in [-0.2, 0) is 4.79 Å². The maximum absolute atomic E-state index is 12.2. The first-order valence-corrected chi connectivity index (χ1v) is 6.48. The van der Waals surface area contributed by atoms with E-state index in [2.05, 4.69) is 24.1 Å². The number of nitrogens with zero attached hydrogens (tertiary/aromatic N) is 2. The Morgan fingerprint density at radius 1 is 1.44 bits per heavy atom. The van der Waals surface area contributed by atoms with Crippen molar-refractivity contribution in [1.29, 1.82) is 0 Å². The Morgan fingerprint density at radius 3 is 2.81 bits per heavy atom. The quantitative estimate of drug-likeness (QED) is 0.734. The van der Waals surface area contributed by atoms with Crippen LogP contribution < -0.4 is 5.32 Å². The van der Waals surface area contributed by atoms with Crippen molar-refractivity contribution in [2.75, 3.05) is 32.7 Å². The summed E-state index contributed by atoms with van der Waals surface area (Å²) < 4.78 is 0. The number of hydrogen-bond donors (Lipinski definition) is 1. The van der Waals surface area contributed by atoms with Crippen LogP contribution in [0.4, 0.5) is 0 Å². The van der Waals surface area contributed by atoms with Gasteiger partial charge < -0.3 is 10.2 Å². The van der Waals surface area contributed by atoms with Crippen molar-refractivity contribution >= 4 is 5.91 Å². The highest BCUT2D eigenvalue weighted by molar-refractivity contribution is 5.82. The third kappa shape index (κ3) is 2.38. The molecule has 0 spiro atoms. The molecule has 0 saturated carbocycles. The van der Waals surface area contributed by atoms with Crippen LogP contribution in [0, 0.1) is 0 Å². The molecular formula is C12H23N3O. The van der Waals surface area contributed by atoms with Crippen molar-refractivity contribution < 1.29 is 4.79 Å². The number of carbonyl (C=O) groups excluding carboxylic acids is 1. The van der Waals surface area contributed by atoms with Crippen LogP contribution in [0.1, 0.15) is 26.7 Å². The second-order valence-electron chi connectivity index (χ2n) is 4.91. The molecule has 0 aromatic heterocycles. The third-order valence-corrected chi connectivity index (χ3v) is 3.84. The highest BCUT2D eigenvalue weighted by Crippen LogP contribution is 2.13. The predicted molar refractivity (Wildman–Crippen MR) is 64.3 cm³/mol. The lowest BCUT2D eigenvalue weighted by molar-refractivity contribution is -0.135. The van der Waals surface area contributed by atoms with Gasteiger partial charge in [-0.2, -0.15) is 0 Å². The van der Waals surface area contributed by atoms with Gasteiger partial charge >= 0.3 is 0 Å². The number of rotatable bonds is 2. The van der Waals surface area contributed by atoms with E-state index in [9.17, 15) is 4.79 Å². The lowest BCUT2D eigenvalue weighted by Gasteiger charge is -2.40. The Labute approximate surface area is 98.0 Å². The van der Waals surface area contributed by atoms with Crippen molar-refractivity contribution in [3.8, 4) is 0 Å². The molecule has 4 nitrogen and oxygen atoms in total. The molecule has 1 N–H and O–H groups in total. The first-order chi connectivity index (χ1) is 7.72. The van der Waals surface area contributed by atoms with E-state index in [4.69, 9.17) is 0 Å². The molecule has 0 aromatic rings. The summed E-state index contributed by atoms with van der Waals surface area (Å²) in [6.45, 7) is 9.31. The Bertz CT molecular complexity index is 251. The van der Waals surface area contributed by atoms with Crippen LogP contribution in [-0.4, -0.2) is 60.5 Å². The molecule has 1 amide bonds. The Kier molecular flexibility index (Phi) is 3.82. The first-order valence-electron chi connectivity index (χ1n) is 6.48. The molecule has 2 fully saturated rings. The van der Waals surface area contributed by atoms with Gasteiger partial charge in [0.1, 0.15) is 0 Å². The fourth-order valence-electron chi connectivity index (χ4n) is 2.78. The number of hydrogen-bond acceptors (Lipinski definition) is 3. The molecule has 2 heterocycles. The van der Waals surface area contributed by atoms with E-state index in [1.165, 1.54) is 0 Å². The Morgan fingerprint density at radius 2 is 2.25 bits per heavy atom. The standard InChI is InChI=1S/C12H23N3O/c1-3-14-7-8-15(9-10(14)2)12(16)11-5-4-6-13-11/h10-11,13H,3-9H2,1-2H3. The second-order valence-corrected chi connectivity index (χ2v) is 4.91. The molecule has 4 heteroatoms. The minimum Gasteiger partial charge on any atom is -0.339 e. The van der Waals surface area contributed by atoms with Gasteiger partial charge in [-0.15, -0.1) is 0 Å². The summed E-state index contributed by atoms with van der Waals surface area (Å²) >= 11 is 0. The molecule has 2 unspecified atom stereocenters. The molecular weight excluding hydrogens is 202 g/mol. The average molecular weight is 225 g/mol. The number of piperazine rings is 1. The van der Waals surface area contributed by atoms with Crippen molar-refractivity contribution in [2.24, 2.45) is 0 Å². The molecule has 0 bridgehead atoms. The number of amides is 1. The van der Waals surface area contributed by atoms with Gasteiger partial charge in [-0.3, -0.25) is 9.69 Å². The van der Waals surface area contributed by atoms with E-state index in [0.717, 1.165) is 45.6 Å². The van der Waals surface area contributed by atoms with Crippen LogP contribution in [0.15, 0.2) is 0 Å². The highest BCUT2D eigenvalue weighted by atomic mass is 16.2. The normalized spacial score (nSPS) is 32.0. The summed E-state index contributed by atoms with van der Waals surface area (Å²) in [5.41, 5.74) is 0. The zero-order valence-corrected chi connectivity index (χ0v) is 10.4. The van der Waals surface area contributed by atoms with Crippen LogP contribution in [0.25, 0.3) is 0 Å². The van der Waals surface area contributed by atoms with Crippen LogP contribution in [0.2, 0.25) is 0 Å². The van der Waals surface area contributed by atoms with Gasteiger partial charge in [0.15, 0.2) is 0 Å². The SMILES string of the molecule is CCN1CCN(C(=O)C2CCCN2)CC1C. The molecule has 0 radical (unpaired) electrons. The summed E-state index contributed by atoms with van der Waals surface area (Å²) in [7, 11) is 0. The van der Waals surface area contributed by atoms with Gasteiger partial charge in [0.05, 0.1) is 6.04 Å². The first kappa shape index (κ1) is 11.9. The fourth-order valence-corrected chi connectivity index (χ4v) is 2.78. The van der Waals surface area contributed by atoms with Gasteiger partial charge in [-0.25, -0.2) is 0 Å². The average Bonchev–Trinajstić information content (AvgIpc) is 2.81. The Hall–Kier alpha value is -0.610. The van der Waals surface area contributed by atoms with Gasteiger partial charge in [0.25, 0.3) is 0 Å². The molecule has 2 atom stereocenters. The molecule has 2 saturated heterocycles. The summed E-state index contributed by atoms with van der Waals surface area (Å²) in [5.74, 6) is 0.320. The zero-order valence-electron chi connectivity index (χ0n) is 10.4. The van der Waals surface area contributed by atoms with E-state index in [-0.39, 0.29) is 6.04 Å². The number of nitrogens with one attached hydrogen (secondary N) is 1. The van der Waals surface area contributed by atoms with Crippen molar-refractivity contribution in [2.45, 2.75) is 38.8 Å². The summed E-state index contributed by atoms with van der Waals surface area (Å²) in [5, 5.41) is 3.29. The predicted octanol–water partition coefficient (Wildman–Crippen LogP) is 0.291. The summed E-state index contributed by atoms with van der Waals surface area (Å²) in [4.78, 5) is 16.7. The maximum Gasteiger partial charge on any atom is 0.239 e. The molecule has 0 aliphatic carbocycles. The molecule has 2 rings (SSSR count). The van der Waals surface area contributed by atoms with Crippen molar-refractivity contribution in [3.63, 3.8) is 0 Å². The molecule has 2 aliphatic rings. The zero-order chi connectivity index (χ0) is 11.5. The maximum atomic E-state index is 12.2. The Balaban J connectivity index is 1.88. The van der Waals surface area contributed by atoms with E-state index in [0.29, 0.717) is 11.9 Å². The van der Waals surface area contributed by atoms with Gasteiger partial charge in [-0.1, -0.05) is 6.92 Å². The van der Waals surface area contributed by atoms with Crippen molar-refractivity contribution in [3.05, 3.63) is 0 Å². The lowest BCUT2D eigenvalue weighted by Crippen LogP contribution is -2.56. The third-order valence-electron chi connectivity index (χ3n) is 3.84. The van der Waals surface area contributed by atoms with E-state index in [1.807, 2.05) is 4.90 Å². The van der Waals surface area contributed by atoms with Gasteiger partial charge in [-0.05, 0) is 32.9 Å². The largest absolute Gasteiger partial charge is 0.339 e. The van der Waals surface area contributed by atoms with Crippen molar-refractivity contribution in [1.82, 2.24) is 15.1 Å². The van der Waals surface area contributed by atoms with Crippen LogP contribution >= 0.6 is 0 Å². The number of likely N-dealkylation sites (N-methyl/N-ethyl adjacent to an activating group) is 1. The topological polar surface area (TPSA) is 35.6 Å². The molecule has 16 heavy (non-hydrogen) atoms. The molecule has 0 aromatic carbocycles. The molecule has 92 valence electrons. The van der Waals surface area contributed by atoms with Gasteiger partial charge in [0.2, 0.25) is 5.91 Å². The minimum absolute atomic E-state index is 0.0976. The van der Waals surface area contributed by atoms with Crippen LogP contribution in [0.3, 0.4) is 0 Å².